The zero-order valence-corrected chi connectivity index (χ0v) is 13.1. The molecule has 1 rings (SSSR count). The number of likely N-dealkylation sites (N-methyl/N-ethyl adjacent to an activating group) is 1. The van der Waals surface area contributed by atoms with E-state index >= 15 is 0 Å². The number of unbranched alkanes of at least 4 members (excludes halogenated alkanes) is 3. The summed E-state index contributed by atoms with van der Waals surface area (Å²) in [5.74, 6) is 0.900. The second kappa shape index (κ2) is 8.92. The quantitative estimate of drug-likeness (QED) is 0.610. The molecule has 1 aliphatic heterocycles. The lowest BCUT2D eigenvalue weighted by molar-refractivity contribution is 0.106. The molecule has 0 aromatic heterocycles. The average molecular weight is 254 g/mol. The Hall–Kier alpha value is -0.0800. The van der Waals surface area contributed by atoms with Gasteiger partial charge in [-0.1, -0.05) is 46.0 Å². The van der Waals surface area contributed by atoms with Gasteiger partial charge < -0.3 is 4.90 Å². The van der Waals surface area contributed by atoms with Crippen molar-refractivity contribution in [3.05, 3.63) is 0 Å². The van der Waals surface area contributed by atoms with E-state index < -0.39 is 0 Å². The molecule has 1 aliphatic rings. The lowest BCUT2D eigenvalue weighted by atomic mass is 9.95. The molecule has 0 aromatic carbocycles. The summed E-state index contributed by atoms with van der Waals surface area (Å²) in [6.45, 7) is 12.2. The van der Waals surface area contributed by atoms with Crippen molar-refractivity contribution in [3.63, 3.8) is 0 Å². The van der Waals surface area contributed by atoms with Gasteiger partial charge in [-0.3, -0.25) is 4.90 Å². The summed E-state index contributed by atoms with van der Waals surface area (Å²) in [5.41, 5.74) is 0. The highest BCUT2D eigenvalue weighted by Crippen LogP contribution is 2.19. The summed E-state index contributed by atoms with van der Waals surface area (Å²) < 4.78 is 0. The second-order valence-electron chi connectivity index (χ2n) is 6.38. The molecule has 2 nitrogen and oxygen atoms in total. The third kappa shape index (κ3) is 6.19. The first-order chi connectivity index (χ1) is 8.63. The zero-order chi connectivity index (χ0) is 13.4. The Balaban J connectivity index is 2.12. The van der Waals surface area contributed by atoms with E-state index in [9.17, 15) is 0 Å². The van der Waals surface area contributed by atoms with Crippen molar-refractivity contribution >= 4 is 0 Å². The molecule has 2 unspecified atom stereocenters. The summed E-state index contributed by atoms with van der Waals surface area (Å²) in [5, 5.41) is 0. The van der Waals surface area contributed by atoms with Crippen LogP contribution >= 0.6 is 0 Å². The first-order valence-electron chi connectivity index (χ1n) is 8.06. The van der Waals surface area contributed by atoms with Gasteiger partial charge in [0.05, 0.1) is 0 Å². The molecular formula is C16H34N2. The third-order valence-corrected chi connectivity index (χ3v) is 4.46. The summed E-state index contributed by atoms with van der Waals surface area (Å²) in [6.07, 6.45) is 8.45. The SMILES string of the molecule is CCCCCCC(C)CC(C)N1CCN(C)CC1. The van der Waals surface area contributed by atoms with Gasteiger partial charge in [-0.25, -0.2) is 0 Å². The van der Waals surface area contributed by atoms with Crippen LogP contribution in [0.25, 0.3) is 0 Å². The van der Waals surface area contributed by atoms with Gasteiger partial charge in [-0.2, -0.15) is 0 Å². The van der Waals surface area contributed by atoms with Gasteiger partial charge in [0.1, 0.15) is 0 Å². The molecule has 0 N–H and O–H groups in total. The Bertz CT molecular complexity index is 197. The fourth-order valence-electron chi connectivity index (χ4n) is 3.03. The van der Waals surface area contributed by atoms with Crippen molar-refractivity contribution in [2.45, 2.75) is 65.3 Å². The van der Waals surface area contributed by atoms with Crippen LogP contribution in [0, 0.1) is 5.92 Å². The molecule has 1 fully saturated rings. The number of piperazine rings is 1. The fraction of sp³-hybridized carbons (Fsp3) is 1.00. The predicted molar refractivity (Wildman–Crippen MR) is 81.1 cm³/mol. The number of nitrogens with zero attached hydrogens (tertiary/aromatic N) is 2. The van der Waals surface area contributed by atoms with E-state index in [-0.39, 0.29) is 0 Å². The van der Waals surface area contributed by atoms with E-state index in [4.69, 9.17) is 0 Å². The van der Waals surface area contributed by atoms with Crippen LogP contribution in [0.15, 0.2) is 0 Å². The zero-order valence-electron chi connectivity index (χ0n) is 13.1. The molecule has 0 bridgehead atoms. The summed E-state index contributed by atoms with van der Waals surface area (Å²) in [4.78, 5) is 5.12. The van der Waals surface area contributed by atoms with Crippen LogP contribution in [0.2, 0.25) is 0 Å². The van der Waals surface area contributed by atoms with Crippen molar-refractivity contribution in [3.8, 4) is 0 Å². The van der Waals surface area contributed by atoms with Crippen LogP contribution in [0.4, 0.5) is 0 Å². The third-order valence-electron chi connectivity index (χ3n) is 4.46. The lowest BCUT2D eigenvalue weighted by Crippen LogP contribution is -2.48. The Morgan fingerprint density at radius 1 is 0.944 bits per heavy atom. The van der Waals surface area contributed by atoms with Gasteiger partial charge in [0.2, 0.25) is 0 Å². The van der Waals surface area contributed by atoms with Crippen LogP contribution in [-0.2, 0) is 0 Å². The maximum atomic E-state index is 2.68. The summed E-state index contributed by atoms with van der Waals surface area (Å²) in [6, 6.07) is 0.778. The van der Waals surface area contributed by atoms with Crippen LogP contribution in [-0.4, -0.2) is 49.1 Å². The number of hydrogen-bond donors (Lipinski definition) is 0. The van der Waals surface area contributed by atoms with E-state index in [1.165, 1.54) is 64.7 Å². The Morgan fingerprint density at radius 2 is 1.61 bits per heavy atom. The molecule has 18 heavy (non-hydrogen) atoms. The van der Waals surface area contributed by atoms with Gasteiger partial charge >= 0.3 is 0 Å². The lowest BCUT2D eigenvalue weighted by Gasteiger charge is -2.37. The Kier molecular flexibility index (Phi) is 7.92. The van der Waals surface area contributed by atoms with E-state index in [1.807, 2.05) is 0 Å². The first-order valence-corrected chi connectivity index (χ1v) is 8.06. The topological polar surface area (TPSA) is 6.48 Å². The van der Waals surface area contributed by atoms with E-state index in [2.05, 4.69) is 37.6 Å². The van der Waals surface area contributed by atoms with Gasteiger partial charge in [-0.15, -0.1) is 0 Å². The van der Waals surface area contributed by atoms with Gasteiger partial charge in [0, 0.05) is 32.2 Å². The van der Waals surface area contributed by atoms with Crippen molar-refractivity contribution in [1.29, 1.82) is 0 Å². The van der Waals surface area contributed by atoms with Gasteiger partial charge in [-0.05, 0) is 26.3 Å². The molecule has 1 saturated heterocycles. The minimum atomic E-state index is 0.778. The molecule has 2 atom stereocenters. The average Bonchev–Trinajstić information content (AvgIpc) is 2.35. The molecule has 0 aromatic rings. The number of rotatable bonds is 8. The number of hydrogen-bond acceptors (Lipinski definition) is 2. The van der Waals surface area contributed by atoms with Crippen molar-refractivity contribution < 1.29 is 0 Å². The highest BCUT2D eigenvalue weighted by atomic mass is 15.3. The van der Waals surface area contributed by atoms with Crippen molar-refractivity contribution in [2.24, 2.45) is 5.92 Å². The van der Waals surface area contributed by atoms with Crippen LogP contribution in [0.5, 0.6) is 0 Å². The van der Waals surface area contributed by atoms with Crippen molar-refractivity contribution in [1.82, 2.24) is 9.80 Å². The summed E-state index contributed by atoms with van der Waals surface area (Å²) in [7, 11) is 2.23. The van der Waals surface area contributed by atoms with E-state index in [0.717, 1.165) is 12.0 Å². The van der Waals surface area contributed by atoms with E-state index in [1.54, 1.807) is 0 Å². The molecule has 0 aliphatic carbocycles. The Labute approximate surface area is 115 Å². The molecule has 0 spiro atoms. The fourth-order valence-corrected chi connectivity index (χ4v) is 3.03. The monoisotopic (exact) mass is 254 g/mol. The molecular weight excluding hydrogens is 220 g/mol. The summed E-state index contributed by atoms with van der Waals surface area (Å²) >= 11 is 0. The van der Waals surface area contributed by atoms with Crippen LogP contribution in [0.1, 0.15) is 59.3 Å². The van der Waals surface area contributed by atoms with Gasteiger partial charge in [0.15, 0.2) is 0 Å². The molecule has 0 radical (unpaired) electrons. The molecule has 108 valence electrons. The predicted octanol–water partition coefficient (Wildman–Crippen LogP) is 3.62. The minimum absolute atomic E-state index is 0.778. The normalized spacial score (nSPS) is 22.0. The maximum absolute atomic E-state index is 2.68. The first kappa shape index (κ1) is 16.0. The molecule has 2 heteroatoms. The highest BCUT2D eigenvalue weighted by Gasteiger charge is 2.20. The van der Waals surface area contributed by atoms with Crippen LogP contribution in [0.3, 0.4) is 0 Å². The van der Waals surface area contributed by atoms with E-state index in [0.29, 0.717) is 0 Å². The maximum Gasteiger partial charge on any atom is 0.0113 e. The highest BCUT2D eigenvalue weighted by molar-refractivity contribution is 4.76. The molecule has 0 amide bonds. The minimum Gasteiger partial charge on any atom is -0.304 e. The molecule has 1 heterocycles. The van der Waals surface area contributed by atoms with Crippen molar-refractivity contribution in [2.75, 3.05) is 33.2 Å². The smallest absolute Gasteiger partial charge is 0.0113 e. The standard InChI is InChI=1S/C16H34N2/c1-5-6-7-8-9-15(2)14-16(3)18-12-10-17(4)11-13-18/h15-16H,5-14H2,1-4H3. The largest absolute Gasteiger partial charge is 0.304 e. The second-order valence-corrected chi connectivity index (χ2v) is 6.38. The van der Waals surface area contributed by atoms with Crippen LogP contribution < -0.4 is 0 Å². The molecule has 0 saturated carbocycles. The van der Waals surface area contributed by atoms with Gasteiger partial charge in [0.25, 0.3) is 0 Å². The Morgan fingerprint density at radius 3 is 2.22 bits per heavy atom.